The van der Waals surface area contributed by atoms with Crippen LogP contribution in [0.2, 0.25) is 0 Å². The van der Waals surface area contributed by atoms with Crippen LogP contribution in [0, 0.1) is 6.92 Å². The number of aromatic nitrogens is 4. The van der Waals surface area contributed by atoms with Crippen molar-refractivity contribution in [2.75, 3.05) is 32.5 Å². The quantitative estimate of drug-likeness (QED) is 0.193. The molecule has 16 heteroatoms. The van der Waals surface area contributed by atoms with Crippen molar-refractivity contribution in [1.82, 2.24) is 24.4 Å². The van der Waals surface area contributed by atoms with Crippen LogP contribution in [0.5, 0.6) is 0 Å². The highest BCUT2D eigenvalue weighted by molar-refractivity contribution is 7.79. The van der Waals surface area contributed by atoms with Crippen LogP contribution in [0.3, 0.4) is 0 Å². The molecule has 3 heterocycles. The molecule has 6 N–H and O–H groups in total. The second-order valence-electron chi connectivity index (χ2n) is 6.55. The molecule has 0 amide bonds. The molecule has 1 aliphatic rings. The van der Waals surface area contributed by atoms with E-state index in [0.717, 1.165) is 0 Å². The third kappa shape index (κ3) is 6.00. The molecule has 0 saturated carbocycles. The molecular formula is C14H23N7O8S-2. The first-order valence-electron chi connectivity index (χ1n) is 8.57. The van der Waals surface area contributed by atoms with Crippen molar-refractivity contribution in [3.8, 4) is 0 Å². The first-order valence-corrected chi connectivity index (χ1v) is 9.91. The summed E-state index contributed by atoms with van der Waals surface area (Å²) in [6, 6.07) is 0. The molecule has 0 aromatic carbocycles. The van der Waals surface area contributed by atoms with E-state index in [2.05, 4.69) is 19.8 Å². The van der Waals surface area contributed by atoms with Crippen molar-refractivity contribution >= 4 is 27.4 Å². The van der Waals surface area contributed by atoms with Crippen LogP contribution >= 0.6 is 0 Å². The van der Waals surface area contributed by atoms with Gasteiger partial charge in [0.05, 0.1) is 6.61 Å². The first-order chi connectivity index (χ1) is 13.9. The second kappa shape index (κ2) is 9.86. The molecule has 1 saturated heterocycles. The second-order valence-corrected chi connectivity index (χ2v) is 7.36. The molecule has 1 fully saturated rings. The van der Waals surface area contributed by atoms with Crippen LogP contribution < -0.4 is 11.6 Å². The fourth-order valence-corrected chi connectivity index (χ4v) is 3.04. The molecule has 4 atom stereocenters. The lowest BCUT2D eigenvalue weighted by molar-refractivity contribution is -0.0445. The Bertz CT molecular complexity index is 947. The monoisotopic (exact) mass is 449 g/mol. The zero-order valence-electron chi connectivity index (χ0n) is 16.2. The van der Waals surface area contributed by atoms with Gasteiger partial charge in [0.2, 0.25) is 0 Å². The van der Waals surface area contributed by atoms with Gasteiger partial charge in [-0.25, -0.2) is 20.8 Å². The van der Waals surface area contributed by atoms with Crippen molar-refractivity contribution < 1.29 is 37.3 Å². The summed E-state index contributed by atoms with van der Waals surface area (Å²) in [5.41, 5.74) is 6.72. The molecule has 30 heavy (non-hydrogen) atoms. The Morgan fingerprint density at radius 3 is 2.57 bits per heavy atom. The average Bonchev–Trinajstić information content (AvgIpc) is 3.10. The highest BCUT2D eigenvalue weighted by Crippen LogP contribution is 2.33. The summed E-state index contributed by atoms with van der Waals surface area (Å²) in [5.74, 6) is 5.83. The lowest BCUT2D eigenvalue weighted by Gasteiger charge is -2.22. The van der Waals surface area contributed by atoms with E-state index in [-0.39, 0.29) is 5.82 Å². The fraction of sp³-hybridized carbons (Fsp3) is 0.643. The molecule has 3 rings (SSSR count). The molecule has 0 spiro atoms. The SMILES string of the molecule is Cc1nc2c(N)ncnc2n1[C@@H]1O[C@H](CN(C)CCON)[C@@H](O)[C@H]1O.O=S(=O)([O-])[O-]. The van der Waals surface area contributed by atoms with E-state index in [1.165, 1.54) is 6.33 Å². The lowest BCUT2D eigenvalue weighted by Crippen LogP contribution is -2.39. The zero-order valence-corrected chi connectivity index (χ0v) is 17.0. The number of nitrogen functional groups attached to an aromatic ring is 1. The van der Waals surface area contributed by atoms with E-state index in [1.807, 2.05) is 11.9 Å². The predicted molar refractivity (Wildman–Crippen MR) is 98.5 cm³/mol. The van der Waals surface area contributed by atoms with Crippen LogP contribution in [0.25, 0.3) is 11.2 Å². The average molecular weight is 449 g/mol. The standard InChI is InChI=1S/C14H23N7O4.H2O4S/c1-7-19-9-12(15)17-6-18-13(9)21(7)14-11(23)10(22)8(25-14)5-20(2)3-4-24-16;1-5(2,3)4/h6,8,10-11,14,22-23H,3-5,16H2,1-2H3,(H2,15,17,18);(H2,1,2,3,4)/p-2/t8-,10-,11-,14-;/m1./s1. The molecular weight excluding hydrogens is 426 g/mol. The van der Waals surface area contributed by atoms with Gasteiger partial charge in [-0.05, 0) is 14.0 Å². The molecule has 2 aromatic heterocycles. The van der Waals surface area contributed by atoms with E-state index < -0.39 is 34.9 Å². The van der Waals surface area contributed by atoms with E-state index in [4.69, 9.17) is 33.9 Å². The van der Waals surface area contributed by atoms with Crippen LogP contribution in [-0.2, 0) is 20.0 Å². The fourth-order valence-electron chi connectivity index (χ4n) is 3.04. The zero-order chi connectivity index (χ0) is 22.6. The van der Waals surface area contributed by atoms with E-state index >= 15 is 0 Å². The number of nitrogens with two attached hydrogens (primary N) is 2. The number of hydrogen-bond acceptors (Lipinski definition) is 14. The van der Waals surface area contributed by atoms with E-state index in [1.54, 1.807) is 11.5 Å². The van der Waals surface area contributed by atoms with Gasteiger partial charge in [0.1, 0.15) is 30.5 Å². The number of hydrogen-bond donors (Lipinski definition) is 4. The van der Waals surface area contributed by atoms with Gasteiger partial charge in [-0.2, -0.15) is 0 Å². The normalized spacial score (nSPS) is 24.3. The number of likely N-dealkylation sites (N-methyl/N-ethyl adjacent to an activating group) is 1. The first kappa shape index (κ1) is 24.3. The van der Waals surface area contributed by atoms with Crippen molar-refractivity contribution in [2.24, 2.45) is 5.90 Å². The van der Waals surface area contributed by atoms with Crippen LogP contribution in [0.15, 0.2) is 6.33 Å². The predicted octanol–water partition coefficient (Wildman–Crippen LogP) is -3.18. The van der Waals surface area contributed by atoms with Crippen molar-refractivity contribution in [3.63, 3.8) is 0 Å². The largest absolute Gasteiger partial charge is 0.759 e. The van der Waals surface area contributed by atoms with Crippen LogP contribution in [0.1, 0.15) is 12.1 Å². The van der Waals surface area contributed by atoms with E-state index in [0.29, 0.717) is 36.7 Å². The molecule has 170 valence electrons. The molecule has 0 bridgehead atoms. The van der Waals surface area contributed by atoms with E-state index in [9.17, 15) is 10.2 Å². The van der Waals surface area contributed by atoms with Gasteiger partial charge in [-0.15, -0.1) is 0 Å². The number of aliphatic hydroxyl groups excluding tert-OH is 2. The third-order valence-corrected chi connectivity index (χ3v) is 4.36. The molecule has 2 aromatic rings. The number of anilines is 1. The Balaban J connectivity index is 0.000000575. The number of aryl methyl sites for hydroxylation is 1. The highest BCUT2D eigenvalue weighted by Gasteiger charge is 2.45. The van der Waals surface area contributed by atoms with Gasteiger partial charge in [-0.3, -0.25) is 13.0 Å². The smallest absolute Gasteiger partial charge is 0.167 e. The van der Waals surface area contributed by atoms with Gasteiger partial charge in [0, 0.05) is 23.5 Å². The van der Waals surface area contributed by atoms with Gasteiger partial charge >= 0.3 is 0 Å². The Labute approximate surface area is 171 Å². The van der Waals surface area contributed by atoms with Gasteiger partial charge in [0.25, 0.3) is 0 Å². The molecule has 15 nitrogen and oxygen atoms in total. The summed E-state index contributed by atoms with van der Waals surface area (Å²) >= 11 is 0. The van der Waals surface area contributed by atoms with Gasteiger partial charge < -0.3 is 39.5 Å². The number of nitrogens with zero attached hydrogens (tertiary/aromatic N) is 5. The molecule has 0 unspecified atom stereocenters. The van der Waals surface area contributed by atoms with Crippen molar-refractivity contribution in [3.05, 3.63) is 12.2 Å². The minimum absolute atomic E-state index is 0.248. The highest BCUT2D eigenvalue weighted by atomic mass is 32.3. The molecule has 0 radical (unpaired) electrons. The summed E-state index contributed by atoms with van der Waals surface area (Å²) in [6.07, 6.45) is -2.26. The molecule has 0 aliphatic carbocycles. The topological polar surface area (TPSA) is 238 Å². The minimum atomic E-state index is -5.17. The Morgan fingerprint density at radius 2 is 1.97 bits per heavy atom. The summed E-state index contributed by atoms with van der Waals surface area (Å²) < 4.78 is 41.6. The summed E-state index contributed by atoms with van der Waals surface area (Å²) in [7, 11) is -3.32. The minimum Gasteiger partial charge on any atom is -0.759 e. The van der Waals surface area contributed by atoms with Crippen molar-refractivity contribution in [2.45, 2.75) is 31.5 Å². The lowest BCUT2D eigenvalue weighted by atomic mass is 10.1. The number of aliphatic hydroxyl groups is 2. The maximum absolute atomic E-state index is 10.5. The number of ether oxygens (including phenoxy) is 1. The summed E-state index contributed by atoms with van der Waals surface area (Å²) in [4.78, 5) is 18.9. The molecule has 1 aliphatic heterocycles. The van der Waals surface area contributed by atoms with Crippen molar-refractivity contribution in [1.29, 1.82) is 0 Å². The number of imidazole rings is 1. The summed E-state index contributed by atoms with van der Waals surface area (Å²) in [5, 5.41) is 20.9. The Morgan fingerprint density at radius 1 is 1.33 bits per heavy atom. The van der Waals surface area contributed by atoms with Gasteiger partial charge in [0.15, 0.2) is 23.2 Å². The van der Waals surface area contributed by atoms with Gasteiger partial charge in [-0.1, -0.05) is 0 Å². The number of fused-ring (bicyclic) bond motifs is 1. The Kier molecular flexibility index (Phi) is 7.97. The Hall–Kier alpha value is -2.02. The number of rotatable bonds is 6. The third-order valence-electron chi connectivity index (χ3n) is 4.36. The van der Waals surface area contributed by atoms with Crippen LogP contribution in [0.4, 0.5) is 5.82 Å². The summed E-state index contributed by atoms with van der Waals surface area (Å²) in [6.45, 7) is 3.08. The van der Waals surface area contributed by atoms with Crippen LogP contribution in [-0.4, -0.2) is 97.2 Å². The maximum Gasteiger partial charge on any atom is 0.167 e. The maximum atomic E-state index is 10.5.